The predicted molar refractivity (Wildman–Crippen MR) is 33.1 cm³/mol. The van der Waals surface area contributed by atoms with Crippen molar-refractivity contribution in [1.82, 2.24) is 0 Å². The Morgan fingerprint density at radius 1 is 1.75 bits per heavy atom. The number of nitrogens with two attached hydrogens (primary N) is 1. The van der Waals surface area contributed by atoms with Gasteiger partial charge in [0.25, 0.3) is 0 Å². The summed E-state index contributed by atoms with van der Waals surface area (Å²) in [5.74, 6) is 0.509. The van der Waals surface area contributed by atoms with Crippen LogP contribution in [0.2, 0.25) is 0 Å². The Morgan fingerprint density at radius 3 is 2.75 bits per heavy atom. The lowest BCUT2D eigenvalue weighted by molar-refractivity contribution is 0.553. The van der Waals surface area contributed by atoms with E-state index in [0.29, 0.717) is 18.9 Å². The Hall–Kier alpha value is -0.550. The maximum atomic E-state index is 8.12. The molecule has 2 heteroatoms. The van der Waals surface area contributed by atoms with Crippen molar-refractivity contribution >= 4 is 0 Å². The number of nitriles is 1. The Bertz CT molecular complexity index is 83.0. The molecule has 0 radical (unpaired) electrons. The Balaban J connectivity index is 3.01. The summed E-state index contributed by atoms with van der Waals surface area (Å²) < 4.78 is 0. The summed E-state index contributed by atoms with van der Waals surface area (Å²) in [4.78, 5) is 0. The second-order valence-corrected chi connectivity index (χ2v) is 2.04. The summed E-state index contributed by atoms with van der Waals surface area (Å²) in [5, 5.41) is 8.12. The zero-order chi connectivity index (χ0) is 6.41. The highest BCUT2D eigenvalue weighted by molar-refractivity contribution is 4.70. The molecule has 0 saturated heterocycles. The summed E-state index contributed by atoms with van der Waals surface area (Å²) in [6.45, 7) is 2.75. The summed E-state index contributed by atoms with van der Waals surface area (Å²) >= 11 is 0. The van der Waals surface area contributed by atoms with Gasteiger partial charge in [-0.2, -0.15) is 5.26 Å². The van der Waals surface area contributed by atoms with Crippen molar-refractivity contribution in [2.45, 2.75) is 19.8 Å². The van der Waals surface area contributed by atoms with Crippen molar-refractivity contribution in [2.24, 2.45) is 11.7 Å². The van der Waals surface area contributed by atoms with Crippen LogP contribution in [0.4, 0.5) is 0 Å². The molecule has 0 aromatic carbocycles. The Morgan fingerprint density at radius 2 is 2.38 bits per heavy atom. The molecule has 0 aliphatic rings. The van der Waals surface area contributed by atoms with E-state index in [4.69, 9.17) is 11.0 Å². The van der Waals surface area contributed by atoms with Crippen molar-refractivity contribution < 1.29 is 0 Å². The molecule has 0 amide bonds. The summed E-state index contributed by atoms with van der Waals surface area (Å²) in [6.07, 6.45) is 1.57. The first-order chi connectivity index (χ1) is 3.81. The van der Waals surface area contributed by atoms with Crippen LogP contribution in [0.5, 0.6) is 0 Å². The number of rotatable bonds is 3. The predicted octanol–water partition coefficient (Wildman–Crippen LogP) is 0.885. The summed E-state index contributed by atoms with van der Waals surface area (Å²) in [5.41, 5.74) is 5.30. The first-order valence-electron chi connectivity index (χ1n) is 2.88. The van der Waals surface area contributed by atoms with Gasteiger partial charge in [-0.3, -0.25) is 0 Å². The van der Waals surface area contributed by atoms with Gasteiger partial charge in [0.15, 0.2) is 0 Å². The van der Waals surface area contributed by atoms with Crippen LogP contribution in [0.1, 0.15) is 19.8 Å². The number of nitrogens with zero attached hydrogens (tertiary/aromatic N) is 1. The molecule has 2 nitrogen and oxygen atoms in total. The molecule has 0 saturated carbocycles. The minimum absolute atomic E-state index is 0.509. The third kappa shape index (κ3) is 3.63. The zero-order valence-corrected chi connectivity index (χ0v) is 5.22. The van der Waals surface area contributed by atoms with E-state index in [9.17, 15) is 0 Å². The fourth-order valence-electron chi connectivity index (χ4n) is 0.429. The van der Waals surface area contributed by atoms with E-state index >= 15 is 0 Å². The molecule has 0 aromatic heterocycles. The largest absolute Gasteiger partial charge is 0.330 e. The third-order valence-corrected chi connectivity index (χ3v) is 1.15. The maximum absolute atomic E-state index is 8.12. The first kappa shape index (κ1) is 7.45. The average Bonchev–Trinajstić information content (AvgIpc) is 1.83. The minimum atomic E-state index is 0.509. The van der Waals surface area contributed by atoms with Gasteiger partial charge in [0, 0.05) is 6.42 Å². The molecule has 0 aliphatic heterocycles. The van der Waals surface area contributed by atoms with Crippen LogP contribution in [0, 0.1) is 17.2 Å². The van der Waals surface area contributed by atoms with E-state index in [-0.39, 0.29) is 0 Å². The van der Waals surface area contributed by atoms with Crippen LogP contribution < -0.4 is 5.73 Å². The van der Waals surface area contributed by atoms with E-state index in [1.165, 1.54) is 0 Å². The quantitative estimate of drug-likeness (QED) is 0.589. The second kappa shape index (κ2) is 4.61. The van der Waals surface area contributed by atoms with Crippen molar-refractivity contribution in [2.75, 3.05) is 6.54 Å². The highest BCUT2D eigenvalue weighted by Gasteiger charge is 1.95. The lowest BCUT2D eigenvalue weighted by atomic mass is 10.1. The normalized spacial score (nSPS) is 12.6. The molecule has 0 spiro atoms. The molecule has 1 unspecified atom stereocenters. The van der Waals surface area contributed by atoms with Crippen LogP contribution in [-0.4, -0.2) is 6.54 Å². The van der Waals surface area contributed by atoms with Crippen LogP contribution in [0.25, 0.3) is 0 Å². The van der Waals surface area contributed by atoms with E-state index < -0.39 is 0 Å². The van der Waals surface area contributed by atoms with E-state index in [1.807, 2.05) is 0 Å². The molecule has 2 N–H and O–H groups in total. The smallest absolute Gasteiger partial charge is 0.0621 e. The number of hydrogen-bond donors (Lipinski definition) is 1. The van der Waals surface area contributed by atoms with E-state index in [1.54, 1.807) is 0 Å². The van der Waals surface area contributed by atoms with Gasteiger partial charge in [-0.25, -0.2) is 0 Å². The van der Waals surface area contributed by atoms with Crippen LogP contribution in [0.3, 0.4) is 0 Å². The Kier molecular flexibility index (Phi) is 4.29. The monoisotopic (exact) mass is 112 g/mol. The van der Waals surface area contributed by atoms with Gasteiger partial charge in [0.1, 0.15) is 0 Å². The fourth-order valence-corrected chi connectivity index (χ4v) is 0.429. The molecular weight excluding hydrogens is 100 g/mol. The lowest BCUT2D eigenvalue weighted by Gasteiger charge is -2.01. The van der Waals surface area contributed by atoms with Gasteiger partial charge >= 0.3 is 0 Å². The van der Waals surface area contributed by atoms with Crippen LogP contribution in [-0.2, 0) is 0 Å². The molecule has 8 heavy (non-hydrogen) atoms. The standard InChI is InChI=1S/C6H12N2/c1-6(5-8)3-2-4-7/h6H,2-3,5,8H2,1H3. The van der Waals surface area contributed by atoms with Crippen LogP contribution >= 0.6 is 0 Å². The van der Waals surface area contributed by atoms with Crippen molar-refractivity contribution in [1.29, 1.82) is 5.26 Å². The average molecular weight is 112 g/mol. The lowest BCUT2D eigenvalue weighted by Crippen LogP contribution is -2.09. The first-order valence-corrected chi connectivity index (χ1v) is 2.88. The second-order valence-electron chi connectivity index (χ2n) is 2.04. The summed E-state index contributed by atoms with van der Waals surface area (Å²) in [6, 6.07) is 2.08. The van der Waals surface area contributed by atoms with Crippen molar-refractivity contribution in [3.8, 4) is 6.07 Å². The summed E-state index contributed by atoms with van der Waals surface area (Å²) in [7, 11) is 0. The topological polar surface area (TPSA) is 49.8 Å². The van der Waals surface area contributed by atoms with Gasteiger partial charge in [0.2, 0.25) is 0 Å². The highest BCUT2D eigenvalue weighted by atomic mass is 14.5. The molecule has 0 bridgehead atoms. The van der Waals surface area contributed by atoms with Gasteiger partial charge in [-0.1, -0.05) is 6.92 Å². The van der Waals surface area contributed by atoms with Crippen molar-refractivity contribution in [3.05, 3.63) is 0 Å². The fraction of sp³-hybridized carbons (Fsp3) is 0.833. The molecule has 1 atom stereocenters. The molecule has 0 fully saturated rings. The number of hydrogen-bond acceptors (Lipinski definition) is 2. The minimum Gasteiger partial charge on any atom is -0.330 e. The van der Waals surface area contributed by atoms with Gasteiger partial charge in [-0.05, 0) is 18.9 Å². The molecule has 46 valence electrons. The molecule has 0 rings (SSSR count). The van der Waals surface area contributed by atoms with E-state index in [2.05, 4.69) is 13.0 Å². The van der Waals surface area contributed by atoms with E-state index in [0.717, 1.165) is 6.42 Å². The molecule has 0 aliphatic carbocycles. The molecular formula is C6H12N2. The van der Waals surface area contributed by atoms with Crippen molar-refractivity contribution in [3.63, 3.8) is 0 Å². The van der Waals surface area contributed by atoms with Gasteiger partial charge in [-0.15, -0.1) is 0 Å². The molecule has 0 aromatic rings. The Labute approximate surface area is 50.3 Å². The molecule has 0 heterocycles. The SMILES string of the molecule is CC(CN)CCC#N. The van der Waals surface area contributed by atoms with Crippen LogP contribution in [0.15, 0.2) is 0 Å². The van der Waals surface area contributed by atoms with Gasteiger partial charge in [0.05, 0.1) is 6.07 Å². The third-order valence-electron chi connectivity index (χ3n) is 1.15. The zero-order valence-electron chi connectivity index (χ0n) is 5.22. The van der Waals surface area contributed by atoms with Gasteiger partial charge < -0.3 is 5.73 Å². The maximum Gasteiger partial charge on any atom is 0.0621 e. The highest BCUT2D eigenvalue weighted by Crippen LogP contribution is 2.00.